The molecule has 0 atom stereocenters. The van der Waals surface area contributed by atoms with E-state index in [0.717, 1.165) is 0 Å². The minimum atomic E-state index is -1.79. The summed E-state index contributed by atoms with van der Waals surface area (Å²) in [5.74, 6) is 9.21. The summed E-state index contributed by atoms with van der Waals surface area (Å²) < 4.78 is 0. The Labute approximate surface area is 184 Å². The maximum absolute atomic E-state index is 12.1. The van der Waals surface area contributed by atoms with Crippen molar-refractivity contribution < 1.29 is 14.4 Å². The molecule has 0 heterocycles. The van der Waals surface area contributed by atoms with Crippen molar-refractivity contribution in [2.24, 2.45) is 0 Å². The monoisotopic (exact) mass is 450 g/mol. The number of hydrogen-bond acceptors (Lipinski definition) is 3. The molecular weight excluding hydrogens is 421 g/mol. The van der Waals surface area contributed by atoms with Crippen LogP contribution in [0.2, 0.25) is 58.9 Å². The smallest absolute Gasteiger partial charge is 0.152 e. The molecule has 1 aromatic rings. The largest absolute Gasteiger partial charge is 0.298 e. The lowest BCUT2D eigenvalue weighted by atomic mass is 9.88. The molecule has 6 heteroatoms. The van der Waals surface area contributed by atoms with Gasteiger partial charge in [-0.3, -0.25) is 14.4 Å². The molecule has 1 rings (SSSR count). The third-order valence-electron chi connectivity index (χ3n) is 3.66. The fourth-order valence-corrected chi connectivity index (χ4v) is 3.82. The summed E-state index contributed by atoms with van der Waals surface area (Å²) >= 11 is 0. The number of hydrogen-bond donors (Lipinski definition) is 0. The van der Waals surface area contributed by atoms with Crippen LogP contribution in [0.3, 0.4) is 0 Å². The van der Waals surface area contributed by atoms with Gasteiger partial charge in [0.2, 0.25) is 0 Å². The van der Waals surface area contributed by atoms with Crippen LogP contribution >= 0.6 is 0 Å². The van der Waals surface area contributed by atoms with Crippen molar-refractivity contribution in [3.63, 3.8) is 0 Å². The average Bonchev–Trinajstić information content (AvgIpc) is 2.59. The second-order valence-electron chi connectivity index (χ2n) is 10.2. The number of aldehydes is 3. The van der Waals surface area contributed by atoms with Crippen LogP contribution in [0.4, 0.5) is 0 Å². The molecule has 0 aliphatic rings. The van der Waals surface area contributed by atoms with Crippen LogP contribution in [-0.4, -0.2) is 43.1 Å². The predicted octanol–water partition coefficient (Wildman–Crippen LogP) is 4.81. The molecule has 1 aromatic carbocycles. The van der Waals surface area contributed by atoms with Crippen LogP contribution in [-0.2, 0) is 0 Å². The molecule has 0 N–H and O–H groups in total. The van der Waals surface area contributed by atoms with Gasteiger partial charge in [-0.2, -0.15) is 0 Å². The first kappa shape index (κ1) is 25.6. The maximum atomic E-state index is 12.1. The Morgan fingerprint density at radius 3 is 0.800 bits per heavy atom. The van der Waals surface area contributed by atoms with E-state index in [2.05, 4.69) is 93.3 Å². The summed E-state index contributed by atoms with van der Waals surface area (Å²) in [6.45, 7) is 18.7. The van der Waals surface area contributed by atoms with Crippen LogP contribution in [0.5, 0.6) is 0 Å². The SMILES string of the molecule is C[Si](C)(C)C#Cc1c(C=O)c(C#C[Si](C)(C)C)c(C=O)c(C#C[Si](C)(C)C)c1C=O. The van der Waals surface area contributed by atoms with E-state index in [9.17, 15) is 14.4 Å². The van der Waals surface area contributed by atoms with E-state index in [1.165, 1.54) is 0 Å². The van der Waals surface area contributed by atoms with Gasteiger partial charge in [0.25, 0.3) is 0 Å². The summed E-state index contributed by atoms with van der Waals surface area (Å²) in [7, 11) is -5.36. The van der Waals surface area contributed by atoms with Crippen LogP contribution in [0, 0.1) is 34.4 Å². The maximum Gasteiger partial charge on any atom is 0.152 e. The normalized spacial score (nSPS) is 11.1. The van der Waals surface area contributed by atoms with Gasteiger partial charge in [-0.15, -0.1) is 16.6 Å². The molecule has 0 radical (unpaired) electrons. The predicted molar refractivity (Wildman–Crippen MR) is 133 cm³/mol. The minimum Gasteiger partial charge on any atom is -0.298 e. The highest BCUT2D eigenvalue weighted by molar-refractivity contribution is 6.84. The van der Waals surface area contributed by atoms with Crippen molar-refractivity contribution in [3.8, 4) is 34.4 Å². The molecule has 156 valence electrons. The Balaban J connectivity index is 4.27. The molecule has 0 amide bonds. The third kappa shape index (κ3) is 7.43. The molecule has 0 aliphatic carbocycles. The second kappa shape index (κ2) is 9.58. The van der Waals surface area contributed by atoms with Crippen molar-refractivity contribution in [2.75, 3.05) is 0 Å². The fourth-order valence-electron chi connectivity index (χ4n) is 2.32. The van der Waals surface area contributed by atoms with E-state index >= 15 is 0 Å². The van der Waals surface area contributed by atoms with Gasteiger partial charge in [0.15, 0.2) is 18.9 Å². The van der Waals surface area contributed by atoms with Gasteiger partial charge in [-0.1, -0.05) is 76.7 Å². The second-order valence-corrected chi connectivity index (χ2v) is 24.5. The van der Waals surface area contributed by atoms with Crippen LogP contribution in [0.15, 0.2) is 0 Å². The van der Waals surface area contributed by atoms with Crippen molar-refractivity contribution in [2.45, 2.75) is 58.9 Å². The first-order chi connectivity index (χ1) is 13.6. The molecule has 0 aliphatic heterocycles. The van der Waals surface area contributed by atoms with Crippen LogP contribution in [0.1, 0.15) is 47.8 Å². The minimum absolute atomic E-state index is 0.203. The van der Waals surface area contributed by atoms with Crippen molar-refractivity contribution in [3.05, 3.63) is 33.4 Å². The lowest BCUT2D eigenvalue weighted by Gasteiger charge is -2.14. The summed E-state index contributed by atoms with van der Waals surface area (Å²) in [6.07, 6.45) is 1.95. The summed E-state index contributed by atoms with van der Waals surface area (Å²) in [5.41, 5.74) is 11.3. The molecular formula is C24H30O3Si3. The number of rotatable bonds is 3. The van der Waals surface area contributed by atoms with Gasteiger partial charge < -0.3 is 0 Å². The summed E-state index contributed by atoms with van der Waals surface area (Å²) in [5, 5.41) is 0. The molecule has 0 unspecified atom stereocenters. The topological polar surface area (TPSA) is 51.2 Å². The third-order valence-corrected chi connectivity index (χ3v) is 6.28. The van der Waals surface area contributed by atoms with Gasteiger partial charge in [-0.05, 0) is 0 Å². The number of carbonyl (C=O) groups is 3. The first-order valence-corrected chi connectivity index (χ1v) is 20.3. The van der Waals surface area contributed by atoms with Crippen LogP contribution < -0.4 is 0 Å². The van der Waals surface area contributed by atoms with E-state index < -0.39 is 24.2 Å². The number of carbonyl (C=O) groups excluding carboxylic acids is 3. The van der Waals surface area contributed by atoms with E-state index in [0.29, 0.717) is 35.5 Å². The van der Waals surface area contributed by atoms with Gasteiger partial charge in [0, 0.05) is 33.4 Å². The van der Waals surface area contributed by atoms with Crippen molar-refractivity contribution in [1.82, 2.24) is 0 Å². The van der Waals surface area contributed by atoms with E-state index in [4.69, 9.17) is 0 Å². The summed E-state index contributed by atoms with van der Waals surface area (Å²) in [4.78, 5) is 36.3. The molecule has 30 heavy (non-hydrogen) atoms. The van der Waals surface area contributed by atoms with Gasteiger partial charge in [0.05, 0.1) is 0 Å². The Hall–Kier alpha value is -2.44. The zero-order valence-corrected chi connectivity index (χ0v) is 22.5. The van der Waals surface area contributed by atoms with Gasteiger partial charge in [-0.25, -0.2) is 0 Å². The Kier molecular flexibility index (Phi) is 8.17. The first-order valence-electron chi connectivity index (χ1n) is 9.82. The quantitative estimate of drug-likeness (QED) is 0.377. The molecule has 0 fully saturated rings. The summed E-state index contributed by atoms with van der Waals surface area (Å²) in [6, 6.07) is 0. The Bertz CT molecular complexity index is 901. The van der Waals surface area contributed by atoms with Crippen LogP contribution in [0.25, 0.3) is 0 Å². The highest BCUT2D eigenvalue weighted by Gasteiger charge is 2.22. The molecule has 3 nitrogen and oxygen atoms in total. The fraction of sp³-hybridized carbons (Fsp3) is 0.375. The van der Waals surface area contributed by atoms with Gasteiger partial charge in [0.1, 0.15) is 24.2 Å². The molecule has 0 bridgehead atoms. The van der Waals surface area contributed by atoms with E-state index in [1.54, 1.807) is 0 Å². The number of benzene rings is 1. The standard InChI is InChI=1S/C24H30O3Si3/c1-28(2,3)13-10-19-22(16-25)20(11-14-29(4,5)6)24(18-27)21(23(19)17-26)12-15-30(7,8)9/h16-18H,1-9H3. The van der Waals surface area contributed by atoms with E-state index in [-0.39, 0.29) is 16.7 Å². The van der Waals surface area contributed by atoms with Gasteiger partial charge >= 0.3 is 0 Å². The highest BCUT2D eigenvalue weighted by atomic mass is 28.3. The highest BCUT2D eigenvalue weighted by Crippen LogP contribution is 2.25. The molecule has 0 saturated heterocycles. The molecule has 0 saturated carbocycles. The zero-order valence-electron chi connectivity index (χ0n) is 19.5. The van der Waals surface area contributed by atoms with E-state index in [1.807, 2.05) is 0 Å². The lowest BCUT2D eigenvalue weighted by Crippen LogP contribution is -2.18. The lowest BCUT2D eigenvalue weighted by molar-refractivity contribution is 0.112. The van der Waals surface area contributed by atoms with Crippen molar-refractivity contribution >= 4 is 43.1 Å². The molecule has 0 aromatic heterocycles. The average molecular weight is 451 g/mol. The Morgan fingerprint density at radius 2 is 0.667 bits per heavy atom. The van der Waals surface area contributed by atoms with Crippen molar-refractivity contribution in [1.29, 1.82) is 0 Å². The zero-order chi connectivity index (χ0) is 23.3. The molecule has 0 spiro atoms. The Morgan fingerprint density at radius 1 is 0.467 bits per heavy atom.